The Morgan fingerprint density at radius 3 is 2.54 bits per heavy atom. The zero-order chi connectivity index (χ0) is 38.0. The highest BCUT2D eigenvalue weighted by Gasteiger charge is 2.44. The van der Waals surface area contributed by atoms with Gasteiger partial charge in [0.1, 0.15) is 17.2 Å². The highest BCUT2D eigenvalue weighted by atomic mass is 35.5. The summed E-state index contributed by atoms with van der Waals surface area (Å²) in [6, 6.07) is 2.70. The molecule has 5 rings (SSSR count). The third-order valence-electron chi connectivity index (χ3n) is 8.18. The number of imide groups is 1. The maximum atomic E-state index is 15.1. The van der Waals surface area contributed by atoms with E-state index in [4.69, 9.17) is 16.3 Å². The highest BCUT2D eigenvalue weighted by molar-refractivity contribution is 6.47. The molecule has 2 aromatic carbocycles. The van der Waals surface area contributed by atoms with Crippen LogP contribution in [-0.2, 0) is 20.8 Å². The van der Waals surface area contributed by atoms with Gasteiger partial charge in [-0.15, -0.1) is 0 Å². The summed E-state index contributed by atoms with van der Waals surface area (Å²) < 4.78 is 20.4. The number of pyridine rings is 1. The first kappa shape index (κ1) is 37.1. The van der Waals surface area contributed by atoms with E-state index in [0.717, 1.165) is 23.2 Å². The predicted molar refractivity (Wildman–Crippen MR) is 175 cm³/mol. The van der Waals surface area contributed by atoms with E-state index in [9.17, 15) is 54.2 Å². The molecule has 3 heterocycles. The number of aromatic carboxylic acids is 1. The number of nitrogens with zero attached hydrogens (tertiary/aromatic N) is 3. The van der Waals surface area contributed by atoms with Crippen LogP contribution in [0.5, 0.6) is 23.0 Å². The van der Waals surface area contributed by atoms with E-state index in [2.05, 4.69) is 20.9 Å². The molecule has 2 aliphatic heterocycles. The number of piperazine rings is 1. The minimum Gasteiger partial charge on any atom is -0.534 e. The zero-order valence-electron chi connectivity index (χ0n) is 26.9. The molecule has 21 heteroatoms. The van der Waals surface area contributed by atoms with Crippen LogP contribution in [0.1, 0.15) is 44.9 Å². The average Bonchev–Trinajstić information content (AvgIpc) is 3.08. The van der Waals surface area contributed by atoms with Crippen molar-refractivity contribution in [2.45, 2.75) is 31.4 Å². The van der Waals surface area contributed by atoms with E-state index in [1.54, 1.807) is 0 Å². The lowest BCUT2D eigenvalue weighted by atomic mass is 9.72. The summed E-state index contributed by atoms with van der Waals surface area (Å²) in [5.41, 5.74) is -0.801. The average molecular weight is 743 g/mol. The number of aromatic hydroxyl groups is 3. The third-order valence-corrected chi connectivity index (χ3v) is 8.56. The number of hydrogen-bond donors (Lipinski definition) is 8. The molecule has 2 aliphatic rings. The van der Waals surface area contributed by atoms with Gasteiger partial charge >= 0.3 is 30.9 Å². The molecule has 0 spiro atoms. The summed E-state index contributed by atoms with van der Waals surface area (Å²) in [7, 11) is -1.78. The molecule has 0 radical (unpaired) electrons. The number of phenols is 2. The number of hydrogen-bond acceptors (Lipinski definition) is 12. The van der Waals surface area contributed by atoms with E-state index in [-0.39, 0.29) is 42.9 Å². The monoisotopic (exact) mass is 742 g/mol. The van der Waals surface area contributed by atoms with E-state index >= 15 is 4.39 Å². The Morgan fingerprint density at radius 2 is 1.85 bits per heavy atom. The molecule has 1 aromatic heterocycles. The van der Waals surface area contributed by atoms with Crippen LogP contribution in [0.25, 0.3) is 0 Å². The molecular formula is C31H29BClFN6O12. The number of rotatable bonds is 9. The molecule has 52 heavy (non-hydrogen) atoms. The van der Waals surface area contributed by atoms with Gasteiger partial charge in [-0.3, -0.25) is 29.1 Å². The standard InChI is InChI=1S/C31H29BClFN6O12/c1-13-12-39(8-7-35-26(44)16-5-6-19(42)24(43)21(16)33)28(46)29(47)40(13)31(50)38-23(22-18(34)10-15(41)11-36-22)27(45)37-20-9-14-3-2-4-17(30(48)49)25(14)52-32(20)51/h2-6,10-11,13,20,23,41-43,51H,7-9,12H2,1H3,(H,35,44)(H,37,45)(H,38,50)(H,48,49)/t13?,20-,23?/m0/s1. The number of amides is 6. The van der Waals surface area contributed by atoms with Crippen LogP contribution in [0.2, 0.25) is 5.02 Å². The quantitative estimate of drug-likeness (QED) is 0.0821. The normalized spacial score (nSPS) is 17.5. The smallest absolute Gasteiger partial charge is 0.534 e. The Bertz CT molecular complexity index is 1990. The van der Waals surface area contributed by atoms with Gasteiger partial charge in [-0.05, 0) is 37.1 Å². The van der Waals surface area contributed by atoms with Gasteiger partial charge in [0.25, 0.3) is 5.91 Å². The molecule has 1 fully saturated rings. The van der Waals surface area contributed by atoms with Crippen LogP contribution in [0.4, 0.5) is 9.18 Å². The van der Waals surface area contributed by atoms with Crippen molar-refractivity contribution in [2.75, 3.05) is 19.6 Å². The molecule has 272 valence electrons. The van der Waals surface area contributed by atoms with Crippen molar-refractivity contribution in [2.24, 2.45) is 0 Å². The summed E-state index contributed by atoms with van der Waals surface area (Å²) in [4.78, 5) is 82.7. The Labute approximate surface area is 297 Å². The number of carboxylic acids is 1. The van der Waals surface area contributed by atoms with Crippen LogP contribution in [0.15, 0.2) is 42.6 Å². The lowest BCUT2D eigenvalue weighted by Gasteiger charge is -2.38. The third kappa shape index (κ3) is 7.47. The van der Waals surface area contributed by atoms with Crippen LogP contribution < -0.4 is 20.6 Å². The highest BCUT2D eigenvalue weighted by Crippen LogP contribution is 2.35. The molecule has 1 saturated heterocycles. The van der Waals surface area contributed by atoms with Crippen molar-refractivity contribution in [1.29, 1.82) is 0 Å². The van der Waals surface area contributed by atoms with Crippen LogP contribution >= 0.6 is 11.6 Å². The number of aromatic nitrogens is 1. The molecule has 6 amide bonds. The molecule has 2 unspecified atom stereocenters. The van der Waals surface area contributed by atoms with Crippen LogP contribution in [-0.4, -0.2) is 115 Å². The molecule has 0 bridgehead atoms. The largest absolute Gasteiger partial charge is 0.547 e. The summed E-state index contributed by atoms with van der Waals surface area (Å²) in [5, 5.41) is 55.7. The number of fused-ring (bicyclic) bond motifs is 1. The van der Waals surface area contributed by atoms with Gasteiger partial charge < -0.3 is 51.0 Å². The second-order valence-electron chi connectivity index (χ2n) is 11.7. The molecule has 3 aromatic rings. The van der Waals surface area contributed by atoms with Gasteiger partial charge in [0.15, 0.2) is 23.4 Å². The van der Waals surface area contributed by atoms with Crippen molar-refractivity contribution in [3.8, 4) is 23.0 Å². The van der Waals surface area contributed by atoms with E-state index < -0.39 is 94.6 Å². The summed E-state index contributed by atoms with van der Waals surface area (Å²) in [6.07, 6.45) is 0.646. The molecular weight excluding hydrogens is 714 g/mol. The number of benzene rings is 2. The molecule has 0 saturated carbocycles. The Balaban J connectivity index is 1.28. The summed E-state index contributed by atoms with van der Waals surface area (Å²) >= 11 is 5.91. The van der Waals surface area contributed by atoms with Gasteiger partial charge in [0, 0.05) is 25.7 Å². The predicted octanol–water partition coefficient (Wildman–Crippen LogP) is 0.0687. The molecule has 8 N–H and O–H groups in total. The van der Waals surface area contributed by atoms with Crippen molar-refractivity contribution in [3.05, 3.63) is 75.8 Å². The fourth-order valence-corrected chi connectivity index (χ4v) is 5.87. The van der Waals surface area contributed by atoms with Gasteiger partial charge in [-0.1, -0.05) is 23.7 Å². The topological polar surface area (TPSA) is 268 Å². The van der Waals surface area contributed by atoms with Gasteiger partial charge in [0.2, 0.25) is 5.91 Å². The number of para-hydroxylation sites is 1. The van der Waals surface area contributed by atoms with E-state index in [0.29, 0.717) is 16.5 Å². The molecule has 0 aliphatic carbocycles. The first-order chi connectivity index (χ1) is 24.6. The van der Waals surface area contributed by atoms with Crippen molar-refractivity contribution in [1.82, 2.24) is 30.7 Å². The van der Waals surface area contributed by atoms with Crippen LogP contribution in [0.3, 0.4) is 0 Å². The minimum atomic E-state index is -2.00. The number of carbonyl (C=O) groups is 6. The Kier molecular flexibility index (Phi) is 10.7. The molecule has 3 atom stereocenters. The fourth-order valence-electron chi connectivity index (χ4n) is 5.62. The number of carboxylic acid groups (broad SMARTS) is 1. The first-order valence-electron chi connectivity index (χ1n) is 15.3. The lowest BCUT2D eigenvalue weighted by Crippen LogP contribution is -2.64. The number of phenolic OH excluding ortho intramolecular Hbond substituents is 2. The SMILES string of the molecule is CC1CN(CCNC(=O)c2ccc(O)c(O)c2Cl)C(=O)C(=O)N1C(=O)NC(C(=O)N[C@H]1Cc2cccc(C(=O)O)c2OB1O)c1ncc(O)cc1F. The minimum absolute atomic E-state index is 0.121. The van der Waals surface area contributed by atoms with Gasteiger partial charge in [-0.25, -0.2) is 14.0 Å². The second-order valence-corrected chi connectivity index (χ2v) is 12.1. The maximum absolute atomic E-state index is 15.1. The number of urea groups is 1. The fraction of sp³-hybridized carbons (Fsp3) is 0.258. The van der Waals surface area contributed by atoms with Crippen molar-refractivity contribution < 1.29 is 63.3 Å². The number of nitrogens with one attached hydrogen (secondary N) is 3. The van der Waals surface area contributed by atoms with E-state index in [1.807, 2.05) is 0 Å². The lowest BCUT2D eigenvalue weighted by molar-refractivity contribution is -0.155. The van der Waals surface area contributed by atoms with Gasteiger partial charge in [0.05, 0.1) is 34.3 Å². The van der Waals surface area contributed by atoms with Crippen molar-refractivity contribution >= 4 is 54.3 Å². The summed E-state index contributed by atoms with van der Waals surface area (Å²) in [5.74, 6) is -10.2. The summed E-state index contributed by atoms with van der Waals surface area (Å²) in [6.45, 7) is 0.790. The molecule has 18 nitrogen and oxygen atoms in total. The first-order valence-corrected chi connectivity index (χ1v) is 15.7. The maximum Gasteiger partial charge on any atom is 0.547 e. The number of carbonyl (C=O) groups excluding carboxylic acids is 5. The van der Waals surface area contributed by atoms with Gasteiger partial charge in [-0.2, -0.15) is 0 Å². The Morgan fingerprint density at radius 1 is 1.12 bits per heavy atom. The van der Waals surface area contributed by atoms with E-state index in [1.165, 1.54) is 25.1 Å². The van der Waals surface area contributed by atoms with Crippen molar-refractivity contribution in [3.63, 3.8) is 0 Å². The van der Waals surface area contributed by atoms with Crippen LogP contribution in [0, 0.1) is 5.82 Å². The zero-order valence-corrected chi connectivity index (χ0v) is 27.6. The Hall–Kier alpha value is -6.15. The second kappa shape index (κ2) is 15.0. The number of halogens is 2.